The first kappa shape index (κ1) is 11.6. The number of H-pyrrole nitrogens is 1. The third-order valence-electron chi connectivity index (χ3n) is 3.00. The van der Waals surface area contributed by atoms with E-state index >= 15 is 0 Å². The third kappa shape index (κ3) is 2.38. The number of nitrogen functional groups attached to an aromatic ring is 1. The molecule has 0 radical (unpaired) electrons. The number of halogens is 1. The molecule has 0 amide bonds. The van der Waals surface area contributed by atoms with Crippen molar-refractivity contribution in [1.82, 2.24) is 4.98 Å². The maximum absolute atomic E-state index is 12.8. The Kier molecular flexibility index (Phi) is 2.83. The Labute approximate surface area is 109 Å². The lowest BCUT2D eigenvalue weighted by atomic mass is 10.2. The van der Waals surface area contributed by atoms with Crippen molar-refractivity contribution in [3.8, 4) is 5.75 Å². The largest absolute Gasteiger partial charge is 0.489 e. The van der Waals surface area contributed by atoms with Crippen LogP contribution in [0.1, 0.15) is 5.56 Å². The predicted molar refractivity (Wildman–Crippen MR) is 73.4 cm³/mol. The van der Waals surface area contributed by atoms with Crippen LogP contribution in [0.5, 0.6) is 5.75 Å². The second-order valence-electron chi connectivity index (χ2n) is 4.36. The molecule has 2 aromatic carbocycles. The summed E-state index contributed by atoms with van der Waals surface area (Å²) in [5.74, 6) is 0.376. The van der Waals surface area contributed by atoms with Crippen LogP contribution < -0.4 is 10.5 Å². The molecule has 0 spiro atoms. The molecule has 3 N–H and O–H groups in total. The average Bonchev–Trinajstić information content (AvgIpc) is 2.80. The first-order valence-electron chi connectivity index (χ1n) is 5.96. The molecule has 3 rings (SSSR count). The monoisotopic (exact) mass is 256 g/mol. The topological polar surface area (TPSA) is 51.0 Å². The van der Waals surface area contributed by atoms with E-state index < -0.39 is 0 Å². The van der Waals surface area contributed by atoms with E-state index in [9.17, 15) is 4.39 Å². The van der Waals surface area contributed by atoms with Crippen molar-refractivity contribution in [2.24, 2.45) is 0 Å². The molecule has 0 saturated carbocycles. The van der Waals surface area contributed by atoms with Gasteiger partial charge in [0, 0.05) is 28.4 Å². The second-order valence-corrected chi connectivity index (χ2v) is 4.36. The van der Waals surface area contributed by atoms with Crippen LogP contribution in [0.15, 0.2) is 48.7 Å². The molecule has 19 heavy (non-hydrogen) atoms. The van der Waals surface area contributed by atoms with Crippen molar-refractivity contribution in [3.63, 3.8) is 0 Å². The zero-order valence-electron chi connectivity index (χ0n) is 10.2. The number of hydrogen-bond acceptors (Lipinski definition) is 2. The first-order chi connectivity index (χ1) is 9.22. The number of aromatic amines is 1. The lowest BCUT2D eigenvalue weighted by molar-refractivity contribution is 0.307. The van der Waals surface area contributed by atoms with Crippen LogP contribution in [-0.2, 0) is 6.61 Å². The van der Waals surface area contributed by atoms with E-state index in [2.05, 4.69) is 4.98 Å². The highest BCUT2D eigenvalue weighted by Gasteiger charge is 2.04. The quantitative estimate of drug-likeness (QED) is 0.705. The fourth-order valence-corrected chi connectivity index (χ4v) is 2.02. The van der Waals surface area contributed by atoms with Crippen molar-refractivity contribution in [3.05, 3.63) is 60.0 Å². The minimum atomic E-state index is -0.269. The molecule has 3 nitrogen and oxygen atoms in total. The predicted octanol–water partition coefficient (Wildman–Crippen LogP) is 3.47. The average molecular weight is 256 g/mol. The Morgan fingerprint density at radius 1 is 1.11 bits per heavy atom. The summed E-state index contributed by atoms with van der Waals surface area (Å²) in [4.78, 5) is 3.15. The van der Waals surface area contributed by atoms with Gasteiger partial charge in [0.1, 0.15) is 18.2 Å². The number of rotatable bonds is 3. The van der Waals surface area contributed by atoms with Gasteiger partial charge in [-0.2, -0.15) is 0 Å². The normalized spacial score (nSPS) is 10.8. The van der Waals surface area contributed by atoms with Gasteiger partial charge in [-0.3, -0.25) is 0 Å². The van der Waals surface area contributed by atoms with Crippen molar-refractivity contribution in [2.45, 2.75) is 6.61 Å². The highest BCUT2D eigenvalue weighted by atomic mass is 19.1. The number of hydrogen-bond donors (Lipinski definition) is 2. The van der Waals surface area contributed by atoms with Crippen LogP contribution in [0.4, 0.5) is 10.1 Å². The van der Waals surface area contributed by atoms with Crippen LogP contribution in [0.2, 0.25) is 0 Å². The maximum Gasteiger partial charge on any atom is 0.123 e. The SMILES string of the molecule is Nc1ccc2c(COc3ccc(F)cc3)c[nH]c2c1. The summed E-state index contributed by atoms with van der Waals surface area (Å²) in [6, 6.07) is 11.7. The van der Waals surface area contributed by atoms with E-state index in [1.807, 2.05) is 24.4 Å². The first-order valence-corrected chi connectivity index (χ1v) is 5.96. The number of fused-ring (bicyclic) bond motifs is 1. The van der Waals surface area contributed by atoms with Gasteiger partial charge in [-0.05, 0) is 36.4 Å². The van der Waals surface area contributed by atoms with Crippen molar-refractivity contribution < 1.29 is 9.13 Å². The van der Waals surface area contributed by atoms with E-state index in [1.165, 1.54) is 12.1 Å². The summed E-state index contributed by atoms with van der Waals surface area (Å²) in [5.41, 5.74) is 8.47. The van der Waals surface area contributed by atoms with Gasteiger partial charge in [0.05, 0.1) is 0 Å². The number of aromatic nitrogens is 1. The summed E-state index contributed by atoms with van der Waals surface area (Å²) >= 11 is 0. The minimum absolute atomic E-state index is 0.269. The number of nitrogens with two attached hydrogens (primary N) is 1. The standard InChI is InChI=1S/C15H13FN2O/c16-11-1-4-13(5-2-11)19-9-10-8-18-15-7-12(17)3-6-14(10)15/h1-8,18H,9,17H2. The Morgan fingerprint density at radius 3 is 2.68 bits per heavy atom. The lowest BCUT2D eigenvalue weighted by Gasteiger charge is -2.05. The highest BCUT2D eigenvalue weighted by molar-refractivity contribution is 5.85. The Balaban J connectivity index is 1.80. The van der Waals surface area contributed by atoms with Gasteiger partial charge >= 0.3 is 0 Å². The molecule has 1 heterocycles. The summed E-state index contributed by atoms with van der Waals surface area (Å²) < 4.78 is 18.4. The fraction of sp³-hybridized carbons (Fsp3) is 0.0667. The summed E-state index contributed by atoms with van der Waals surface area (Å²) in [5, 5.41) is 1.08. The molecule has 0 bridgehead atoms. The van der Waals surface area contributed by atoms with Gasteiger partial charge < -0.3 is 15.5 Å². The van der Waals surface area contributed by atoms with Crippen LogP contribution in [-0.4, -0.2) is 4.98 Å². The molecule has 0 aliphatic heterocycles. The van der Waals surface area contributed by atoms with Crippen molar-refractivity contribution in [1.29, 1.82) is 0 Å². The molecular formula is C15H13FN2O. The molecule has 0 atom stereocenters. The Hall–Kier alpha value is -2.49. The van der Waals surface area contributed by atoms with Crippen molar-refractivity contribution >= 4 is 16.6 Å². The molecule has 0 aliphatic carbocycles. The molecule has 0 fully saturated rings. The Morgan fingerprint density at radius 2 is 1.89 bits per heavy atom. The van der Waals surface area contributed by atoms with Gasteiger partial charge in [0.25, 0.3) is 0 Å². The zero-order chi connectivity index (χ0) is 13.2. The summed E-state index contributed by atoms with van der Waals surface area (Å²) in [6.07, 6.45) is 1.90. The summed E-state index contributed by atoms with van der Waals surface area (Å²) in [7, 11) is 0. The minimum Gasteiger partial charge on any atom is -0.489 e. The molecular weight excluding hydrogens is 243 g/mol. The molecule has 0 saturated heterocycles. The van der Waals surface area contributed by atoms with Crippen LogP contribution in [0, 0.1) is 5.82 Å². The van der Waals surface area contributed by atoms with Crippen LogP contribution in [0.25, 0.3) is 10.9 Å². The van der Waals surface area contributed by atoms with E-state index in [0.29, 0.717) is 12.4 Å². The summed E-state index contributed by atoms with van der Waals surface area (Å²) in [6.45, 7) is 0.426. The zero-order valence-corrected chi connectivity index (χ0v) is 10.2. The second kappa shape index (κ2) is 4.65. The molecule has 0 unspecified atom stereocenters. The number of nitrogens with one attached hydrogen (secondary N) is 1. The van der Waals surface area contributed by atoms with E-state index in [1.54, 1.807) is 12.1 Å². The maximum atomic E-state index is 12.8. The van der Waals surface area contributed by atoms with E-state index in [4.69, 9.17) is 10.5 Å². The Bertz CT molecular complexity index is 704. The van der Waals surface area contributed by atoms with Crippen LogP contribution in [0.3, 0.4) is 0 Å². The van der Waals surface area contributed by atoms with E-state index in [0.717, 1.165) is 22.2 Å². The van der Waals surface area contributed by atoms with Gasteiger partial charge in [-0.25, -0.2) is 4.39 Å². The highest BCUT2D eigenvalue weighted by Crippen LogP contribution is 2.22. The molecule has 4 heteroatoms. The van der Waals surface area contributed by atoms with Gasteiger partial charge in [-0.1, -0.05) is 6.07 Å². The number of ether oxygens (including phenoxy) is 1. The molecule has 1 aromatic heterocycles. The molecule has 0 aliphatic rings. The number of benzene rings is 2. The lowest BCUT2D eigenvalue weighted by Crippen LogP contribution is -1.94. The molecule has 96 valence electrons. The van der Waals surface area contributed by atoms with Gasteiger partial charge in [-0.15, -0.1) is 0 Å². The third-order valence-corrected chi connectivity index (χ3v) is 3.00. The number of anilines is 1. The van der Waals surface area contributed by atoms with E-state index in [-0.39, 0.29) is 5.82 Å². The van der Waals surface area contributed by atoms with Gasteiger partial charge in [0.15, 0.2) is 0 Å². The molecule has 3 aromatic rings. The van der Waals surface area contributed by atoms with Crippen LogP contribution >= 0.6 is 0 Å². The smallest absolute Gasteiger partial charge is 0.123 e. The van der Waals surface area contributed by atoms with Crippen molar-refractivity contribution in [2.75, 3.05) is 5.73 Å². The fourth-order valence-electron chi connectivity index (χ4n) is 2.02. The van der Waals surface area contributed by atoms with Gasteiger partial charge in [0.2, 0.25) is 0 Å².